The van der Waals surface area contributed by atoms with E-state index in [2.05, 4.69) is 4.98 Å². The van der Waals surface area contributed by atoms with Gasteiger partial charge in [-0.1, -0.05) is 0 Å². The average Bonchev–Trinajstić information content (AvgIpc) is 2.81. The minimum Gasteiger partial charge on any atom is -0.436 e. The first-order chi connectivity index (χ1) is 9.06. The highest BCUT2D eigenvalue weighted by atomic mass is 16.3. The van der Waals surface area contributed by atoms with Gasteiger partial charge in [-0.15, -0.1) is 0 Å². The molecule has 1 aromatic heterocycles. The number of nitrogens with zero attached hydrogens (tertiary/aromatic N) is 1. The zero-order chi connectivity index (χ0) is 13.6. The third kappa shape index (κ3) is 1.81. The molecule has 2 aromatic carbocycles. The van der Waals surface area contributed by atoms with E-state index in [1.807, 2.05) is 44.2 Å². The van der Waals surface area contributed by atoms with Crippen molar-refractivity contribution in [3.8, 4) is 11.5 Å². The van der Waals surface area contributed by atoms with Crippen LogP contribution in [-0.2, 0) is 0 Å². The van der Waals surface area contributed by atoms with Crippen molar-refractivity contribution < 1.29 is 4.42 Å². The van der Waals surface area contributed by atoms with E-state index < -0.39 is 0 Å². The van der Waals surface area contributed by atoms with Crippen molar-refractivity contribution in [2.75, 3.05) is 11.5 Å². The summed E-state index contributed by atoms with van der Waals surface area (Å²) in [6.45, 7) is 3.92. The van der Waals surface area contributed by atoms with Crippen LogP contribution in [0.2, 0.25) is 0 Å². The number of anilines is 2. The van der Waals surface area contributed by atoms with E-state index in [0.29, 0.717) is 5.89 Å². The molecule has 19 heavy (non-hydrogen) atoms. The van der Waals surface area contributed by atoms with E-state index in [4.69, 9.17) is 15.9 Å². The van der Waals surface area contributed by atoms with Gasteiger partial charge in [-0.05, 0) is 49.7 Å². The summed E-state index contributed by atoms with van der Waals surface area (Å²) in [5.74, 6) is 0.586. The molecule has 3 rings (SSSR count). The Morgan fingerprint density at radius 1 is 1.05 bits per heavy atom. The van der Waals surface area contributed by atoms with Gasteiger partial charge in [-0.2, -0.15) is 0 Å². The van der Waals surface area contributed by atoms with Crippen LogP contribution in [0, 0.1) is 13.8 Å². The van der Waals surface area contributed by atoms with Gasteiger partial charge in [0.05, 0.1) is 0 Å². The van der Waals surface area contributed by atoms with Crippen molar-refractivity contribution >= 4 is 22.5 Å². The maximum absolute atomic E-state index is 6.01. The molecule has 0 saturated carbocycles. The number of oxazole rings is 1. The maximum Gasteiger partial charge on any atom is 0.227 e. The fraction of sp³-hybridized carbons (Fsp3) is 0.133. The SMILES string of the molecule is Cc1cc2nc(-c3ccc(N)cc3)oc2c(C)c1N. The van der Waals surface area contributed by atoms with Crippen molar-refractivity contribution in [3.05, 3.63) is 41.5 Å². The molecule has 0 unspecified atom stereocenters. The van der Waals surface area contributed by atoms with Crippen LogP contribution in [0.3, 0.4) is 0 Å². The van der Waals surface area contributed by atoms with E-state index in [9.17, 15) is 0 Å². The Balaban J connectivity index is 2.22. The maximum atomic E-state index is 6.01. The number of aryl methyl sites for hydroxylation is 2. The summed E-state index contributed by atoms with van der Waals surface area (Å²) in [7, 11) is 0. The van der Waals surface area contributed by atoms with E-state index in [0.717, 1.165) is 39.2 Å². The van der Waals surface area contributed by atoms with Crippen molar-refractivity contribution in [2.45, 2.75) is 13.8 Å². The normalized spacial score (nSPS) is 11.1. The van der Waals surface area contributed by atoms with Crippen LogP contribution < -0.4 is 11.5 Å². The number of hydrogen-bond donors (Lipinski definition) is 2. The minimum absolute atomic E-state index is 0.586. The predicted molar refractivity (Wildman–Crippen MR) is 77.7 cm³/mol. The van der Waals surface area contributed by atoms with Crippen LogP contribution in [0.25, 0.3) is 22.6 Å². The zero-order valence-corrected chi connectivity index (χ0v) is 10.9. The lowest BCUT2D eigenvalue weighted by Gasteiger charge is -2.02. The lowest BCUT2D eigenvalue weighted by atomic mass is 10.1. The topological polar surface area (TPSA) is 78.1 Å². The molecule has 3 aromatic rings. The smallest absolute Gasteiger partial charge is 0.227 e. The Hall–Kier alpha value is -2.49. The molecule has 4 N–H and O–H groups in total. The molecule has 1 heterocycles. The van der Waals surface area contributed by atoms with Crippen molar-refractivity contribution in [2.24, 2.45) is 0 Å². The van der Waals surface area contributed by atoms with Crippen molar-refractivity contribution in [1.82, 2.24) is 4.98 Å². The van der Waals surface area contributed by atoms with Gasteiger partial charge >= 0.3 is 0 Å². The van der Waals surface area contributed by atoms with Crippen molar-refractivity contribution in [1.29, 1.82) is 0 Å². The van der Waals surface area contributed by atoms with Crippen LogP contribution >= 0.6 is 0 Å². The molecule has 96 valence electrons. The summed E-state index contributed by atoms with van der Waals surface area (Å²) in [6.07, 6.45) is 0. The molecule has 0 spiro atoms. The first kappa shape index (κ1) is 11.6. The Labute approximate surface area is 111 Å². The zero-order valence-electron chi connectivity index (χ0n) is 10.9. The monoisotopic (exact) mass is 253 g/mol. The van der Waals surface area contributed by atoms with E-state index in [-0.39, 0.29) is 0 Å². The molecule has 0 fully saturated rings. The number of aromatic nitrogens is 1. The standard InChI is InChI=1S/C15H15N3O/c1-8-7-12-14(9(2)13(8)17)19-15(18-12)10-3-5-11(16)6-4-10/h3-7H,16-17H2,1-2H3. The molecule has 0 saturated heterocycles. The Morgan fingerprint density at radius 3 is 2.42 bits per heavy atom. The van der Waals surface area contributed by atoms with Crippen molar-refractivity contribution in [3.63, 3.8) is 0 Å². The Morgan fingerprint density at radius 2 is 1.74 bits per heavy atom. The summed E-state index contributed by atoms with van der Waals surface area (Å²) in [6, 6.07) is 9.40. The average molecular weight is 253 g/mol. The summed E-state index contributed by atoms with van der Waals surface area (Å²) in [5.41, 5.74) is 17.6. The van der Waals surface area contributed by atoms with Crippen LogP contribution in [-0.4, -0.2) is 4.98 Å². The molecule has 4 heteroatoms. The highest BCUT2D eigenvalue weighted by Crippen LogP contribution is 2.31. The quantitative estimate of drug-likeness (QED) is 0.652. The molecule has 0 aliphatic heterocycles. The molecule has 0 atom stereocenters. The van der Waals surface area contributed by atoms with Crippen LogP contribution in [0.4, 0.5) is 11.4 Å². The van der Waals surface area contributed by atoms with Gasteiger partial charge in [0.2, 0.25) is 5.89 Å². The molecular weight excluding hydrogens is 238 g/mol. The summed E-state index contributed by atoms with van der Waals surface area (Å²) in [5, 5.41) is 0. The fourth-order valence-electron chi connectivity index (χ4n) is 2.15. The third-order valence-corrected chi connectivity index (χ3v) is 3.33. The second-order valence-corrected chi connectivity index (χ2v) is 4.72. The fourth-order valence-corrected chi connectivity index (χ4v) is 2.15. The molecule has 0 radical (unpaired) electrons. The van der Waals surface area contributed by atoms with Gasteiger partial charge in [0, 0.05) is 22.5 Å². The first-order valence-corrected chi connectivity index (χ1v) is 6.08. The number of nitrogens with two attached hydrogens (primary N) is 2. The number of benzene rings is 2. The highest BCUT2D eigenvalue weighted by Gasteiger charge is 2.13. The van der Waals surface area contributed by atoms with Crippen LogP contribution in [0.15, 0.2) is 34.7 Å². The van der Waals surface area contributed by atoms with Gasteiger partial charge in [0.25, 0.3) is 0 Å². The van der Waals surface area contributed by atoms with Gasteiger partial charge in [-0.3, -0.25) is 0 Å². The second-order valence-electron chi connectivity index (χ2n) is 4.72. The van der Waals surface area contributed by atoms with E-state index >= 15 is 0 Å². The van der Waals surface area contributed by atoms with Gasteiger partial charge in [-0.25, -0.2) is 4.98 Å². The van der Waals surface area contributed by atoms with Gasteiger partial charge < -0.3 is 15.9 Å². The molecule has 0 amide bonds. The first-order valence-electron chi connectivity index (χ1n) is 6.08. The molecule has 0 bridgehead atoms. The lowest BCUT2D eigenvalue weighted by Crippen LogP contribution is -1.93. The largest absolute Gasteiger partial charge is 0.436 e. The van der Waals surface area contributed by atoms with E-state index in [1.54, 1.807) is 0 Å². The van der Waals surface area contributed by atoms with Crippen LogP contribution in [0.1, 0.15) is 11.1 Å². The second kappa shape index (κ2) is 4.02. The minimum atomic E-state index is 0.586. The Bertz CT molecular complexity index is 757. The third-order valence-electron chi connectivity index (χ3n) is 3.33. The van der Waals surface area contributed by atoms with E-state index in [1.165, 1.54) is 0 Å². The lowest BCUT2D eigenvalue weighted by molar-refractivity contribution is 0.617. The highest BCUT2D eigenvalue weighted by molar-refractivity contribution is 5.85. The van der Waals surface area contributed by atoms with Crippen LogP contribution in [0.5, 0.6) is 0 Å². The molecule has 0 aliphatic rings. The van der Waals surface area contributed by atoms with Gasteiger partial charge in [0.15, 0.2) is 5.58 Å². The number of rotatable bonds is 1. The predicted octanol–water partition coefficient (Wildman–Crippen LogP) is 3.28. The Kier molecular flexibility index (Phi) is 2.45. The number of hydrogen-bond acceptors (Lipinski definition) is 4. The summed E-state index contributed by atoms with van der Waals surface area (Å²) < 4.78 is 5.83. The number of fused-ring (bicyclic) bond motifs is 1. The van der Waals surface area contributed by atoms with Gasteiger partial charge in [0.1, 0.15) is 5.52 Å². The molecule has 4 nitrogen and oxygen atoms in total. The molecule has 0 aliphatic carbocycles. The molecular formula is C15H15N3O. The number of nitrogen functional groups attached to an aromatic ring is 2. The summed E-state index contributed by atoms with van der Waals surface area (Å²) in [4.78, 5) is 4.51. The summed E-state index contributed by atoms with van der Waals surface area (Å²) >= 11 is 0.